The molecular weight excluding hydrogens is 357 g/mol. The Morgan fingerprint density at radius 2 is 1.71 bits per heavy atom. The van der Waals surface area contributed by atoms with E-state index in [0.717, 1.165) is 11.1 Å². The van der Waals surface area contributed by atoms with E-state index in [-0.39, 0.29) is 17.5 Å². The van der Waals surface area contributed by atoms with Crippen molar-refractivity contribution < 1.29 is 18.7 Å². The van der Waals surface area contributed by atoms with E-state index in [2.05, 4.69) is 0 Å². The number of nitrogens with zero attached hydrogens (tertiary/aromatic N) is 1. The van der Waals surface area contributed by atoms with Gasteiger partial charge in [-0.15, -0.1) is 0 Å². The highest BCUT2D eigenvalue weighted by atomic mass is 19.1. The number of aryl methyl sites for hydroxylation is 1. The molecular formula is C23H22FNO3. The summed E-state index contributed by atoms with van der Waals surface area (Å²) in [6.45, 7) is 2.90. The average Bonchev–Trinajstić information content (AvgIpc) is 3.19. The van der Waals surface area contributed by atoms with E-state index in [1.807, 2.05) is 31.2 Å². The molecule has 1 amide bonds. The van der Waals surface area contributed by atoms with E-state index >= 15 is 0 Å². The largest absolute Gasteiger partial charge is 0.451 e. The molecule has 4 rings (SSSR count). The minimum Gasteiger partial charge on any atom is -0.451 e. The van der Waals surface area contributed by atoms with Crippen molar-refractivity contribution in [1.29, 1.82) is 0 Å². The third kappa shape index (κ3) is 3.45. The van der Waals surface area contributed by atoms with Gasteiger partial charge in [0.05, 0.1) is 5.60 Å². The van der Waals surface area contributed by atoms with Crippen LogP contribution < -0.4 is 0 Å². The normalized spacial score (nSPS) is 16.2. The van der Waals surface area contributed by atoms with Crippen LogP contribution in [0.25, 0.3) is 11.3 Å². The number of amides is 1. The smallest absolute Gasteiger partial charge is 0.289 e. The second kappa shape index (κ2) is 7.24. The van der Waals surface area contributed by atoms with Gasteiger partial charge in [0, 0.05) is 18.7 Å². The predicted molar refractivity (Wildman–Crippen MR) is 104 cm³/mol. The van der Waals surface area contributed by atoms with E-state index < -0.39 is 5.60 Å². The van der Waals surface area contributed by atoms with Crippen molar-refractivity contribution in [3.05, 3.63) is 83.4 Å². The number of halogens is 1. The maximum atomic E-state index is 13.1. The highest BCUT2D eigenvalue weighted by molar-refractivity contribution is 5.92. The molecule has 2 heterocycles. The molecule has 28 heavy (non-hydrogen) atoms. The first kappa shape index (κ1) is 18.4. The van der Waals surface area contributed by atoms with Crippen LogP contribution in [0.5, 0.6) is 0 Å². The number of hydrogen-bond acceptors (Lipinski definition) is 3. The van der Waals surface area contributed by atoms with E-state index in [0.29, 0.717) is 37.3 Å². The Labute approximate surface area is 163 Å². The topological polar surface area (TPSA) is 53.7 Å². The second-order valence-electron chi connectivity index (χ2n) is 7.31. The standard InChI is InChI=1S/C23H22FNO3/c1-16-4-2-3-5-19(16)23(27)12-14-25(15-13-23)22(26)21-11-10-20(28-21)17-6-8-18(24)9-7-17/h2-11,27H,12-15H2,1H3. The predicted octanol–water partition coefficient (Wildman–Crippen LogP) is 4.52. The van der Waals surface area contributed by atoms with Crippen molar-refractivity contribution in [2.45, 2.75) is 25.4 Å². The first-order valence-corrected chi connectivity index (χ1v) is 9.40. The van der Waals surface area contributed by atoms with E-state index in [9.17, 15) is 14.3 Å². The van der Waals surface area contributed by atoms with Crippen LogP contribution in [-0.2, 0) is 5.60 Å². The Balaban J connectivity index is 1.46. The molecule has 0 saturated carbocycles. The van der Waals surface area contributed by atoms with Crippen molar-refractivity contribution in [2.24, 2.45) is 0 Å². The SMILES string of the molecule is Cc1ccccc1C1(O)CCN(C(=O)c2ccc(-c3ccc(F)cc3)o2)CC1. The molecule has 1 N–H and O–H groups in total. The summed E-state index contributed by atoms with van der Waals surface area (Å²) in [5, 5.41) is 11.1. The fraction of sp³-hybridized carbons (Fsp3) is 0.261. The highest BCUT2D eigenvalue weighted by Gasteiger charge is 2.37. The van der Waals surface area contributed by atoms with Gasteiger partial charge in [-0.05, 0) is 67.3 Å². The molecule has 5 heteroatoms. The molecule has 0 atom stereocenters. The lowest BCUT2D eigenvalue weighted by atomic mass is 9.82. The average molecular weight is 379 g/mol. The Kier molecular flexibility index (Phi) is 4.77. The first-order valence-electron chi connectivity index (χ1n) is 9.40. The number of likely N-dealkylation sites (tertiary alicyclic amines) is 1. The maximum Gasteiger partial charge on any atom is 0.289 e. The third-order valence-electron chi connectivity index (χ3n) is 5.47. The summed E-state index contributed by atoms with van der Waals surface area (Å²) in [6.07, 6.45) is 0.963. The zero-order valence-corrected chi connectivity index (χ0v) is 15.7. The number of aliphatic hydroxyl groups is 1. The van der Waals surface area contributed by atoms with Crippen molar-refractivity contribution in [1.82, 2.24) is 4.90 Å². The molecule has 3 aromatic rings. The van der Waals surface area contributed by atoms with Gasteiger partial charge in [0.15, 0.2) is 5.76 Å². The van der Waals surface area contributed by atoms with Crippen LogP contribution in [0.15, 0.2) is 65.1 Å². The Morgan fingerprint density at radius 3 is 2.39 bits per heavy atom. The number of piperidine rings is 1. The number of benzene rings is 2. The summed E-state index contributed by atoms with van der Waals surface area (Å²) in [4.78, 5) is 14.5. The Morgan fingerprint density at radius 1 is 1.04 bits per heavy atom. The molecule has 1 saturated heterocycles. The molecule has 0 spiro atoms. The summed E-state index contributed by atoms with van der Waals surface area (Å²) in [5.41, 5.74) is 1.79. The molecule has 1 aromatic heterocycles. The molecule has 144 valence electrons. The molecule has 0 aliphatic carbocycles. The second-order valence-corrected chi connectivity index (χ2v) is 7.31. The third-order valence-corrected chi connectivity index (χ3v) is 5.47. The fourth-order valence-electron chi connectivity index (χ4n) is 3.82. The monoisotopic (exact) mass is 379 g/mol. The summed E-state index contributed by atoms with van der Waals surface area (Å²) in [6, 6.07) is 17.1. The van der Waals surface area contributed by atoms with Gasteiger partial charge < -0.3 is 14.4 Å². The summed E-state index contributed by atoms with van der Waals surface area (Å²) < 4.78 is 18.8. The minimum atomic E-state index is -0.912. The van der Waals surface area contributed by atoms with Crippen LogP contribution in [0.1, 0.15) is 34.5 Å². The van der Waals surface area contributed by atoms with Crippen molar-refractivity contribution in [3.63, 3.8) is 0 Å². The number of carbonyl (C=O) groups is 1. The van der Waals surface area contributed by atoms with Crippen LogP contribution in [0.3, 0.4) is 0 Å². The van der Waals surface area contributed by atoms with Crippen LogP contribution in [-0.4, -0.2) is 29.0 Å². The van der Waals surface area contributed by atoms with Crippen LogP contribution in [0.4, 0.5) is 4.39 Å². The molecule has 0 bridgehead atoms. The molecule has 4 nitrogen and oxygen atoms in total. The van der Waals surface area contributed by atoms with Crippen molar-refractivity contribution in [3.8, 4) is 11.3 Å². The molecule has 1 aliphatic heterocycles. The highest BCUT2D eigenvalue weighted by Crippen LogP contribution is 2.35. The zero-order valence-electron chi connectivity index (χ0n) is 15.7. The van der Waals surface area contributed by atoms with Crippen LogP contribution in [0.2, 0.25) is 0 Å². The number of rotatable bonds is 3. The van der Waals surface area contributed by atoms with Gasteiger partial charge in [-0.1, -0.05) is 24.3 Å². The van der Waals surface area contributed by atoms with Gasteiger partial charge in [0.1, 0.15) is 11.6 Å². The minimum absolute atomic E-state index is 0.194. The quantitative estimate of drug-likeness (QED) is 0.728. The molecule has 0 unspecified atom stereocenters. The van der Waals surface area contributed by atoms with E-state index in [1.165, 1.54) is 12.1 Å². The van der Waals surface area contributed by atoms with Gasteiger partial charge in [0.2, 0.25) is 0 Å². The molecule has 1 aliphatic rings. The van der Waals surface area contributed by atoms with Gasteiger partial charge >= 0.3 is 0 Å². The Hall–Kier alpha value is -2.92. The van der Waals surface area contributed by atoms with Crippen LogP contribution in [0, 0.1) is 12.7 Å². The first-order chi connectivity index (χ1) is 13.5. The summed E-state index contributed by atoms with van der Waals surface area (Å²) >= 11 is 0. The lowest BCUT2D eigenvalue weighted by Gasteiger charge is -2.39. The van der Waals surface area contributed by atoms with Gasteiger partial charge in [-0.3, -0.25) is 4.79 Å². The molecule has 2 aromatic carbocycles. The van der Waals surface area contributed by atoms with Crippen molar-refractivity contribution in [2.75, 3.05) is 13.1 Å². The van der Waals surface area contributed by atoms with Crippen molar-refractivity contribution >= 4 is 5.91 Å². The van der Waals surface area contributed by atoms with Gasteiger partial charge in [-0.2, -0.15) is 0 Å². The van der Waals surface area contributed by atoms with E-state index in [1.54, 1.807) is 29.2 Å². The fourth-order valence-corrected chi connectivity index (χ4v) is 3.82. The molecule has 1 fully saturated rings. The summed E-state index contributed by atoms with van der Waals surface area (Å²) in [7, 11) is 0. The Bertz CT molecular complexity index is 985. The van der Waals surface area contributed by atoms with Gasteiger partial charge in [-0.25, -0.2) is 4.39 Å². The number of hydrogen-bond donors (Lipinski definition) is 1. The van der Waals surface area contributed by atoms with E-state index in [4.69, 9.17) is 4.42 Å². The maximum absolute atomic E-state index is 13.1. The number of carbonyl (C=O) groups excluding carboxylic acids is 1. The lowest BCUT2D eigenvalue weighted by Crippen LogP contribution is -2.45. The summed E-state index contributed by atoms with van der Waals surface area (Å²) in [5.74, 6) is 0.263. The lowest BCUT2D eigenvalue weighted by molar-refractivity contribution is -0.0221. The number of furan rings is 1. The molecule has 0 radical (unpaired) electrons. The zero-order chi connectivity index (χ0) is 19.7. The van der Waals surface area contributed by atoms with Crippen LogP contribution >= 0.6 is 0 Å². The van der Waals surface area contributed by atoms with Gasteiger partial charge in [0.25, 0.3) is 5.91 Å².